The van der Waals surface area contributed by atoms with Crippen LogP contribution in [0.4, 0.5) is 4.39 Å². The number of hydrogen-bond donors (Lipinski definition) is 2. The molecule has 4 nitrogen and oxygen atoms in total. The van der Waals surface area contributed by atoms with Gasteiger partial charge in [-0.1, -0.05) is 30.3 Å². The van der Waals surface area contributed by atoms with Gasteiger partial charge in [-0.25, -0.2) is 9.18 Å². The summed E-state index contributed by atoms with van der Waals surface area (Å²) in [5.74, 6) is -1.59. The summed E-state index contributed by atoms with van der Waals surface area (Å²) in [6.45, 7) is 0. The van der Waals surface area contributed by atoms with Crippen LogP contribution in [-0.4, -0.2) is 28.4 Å². The molecule has 2 aromatic carbocycles. The van der Waals surface area contributed by atoms with Gasteiger partial charge in [0.25, 0.3) is 0 Å². The fraction of sp³-hybridized carbons (Fsp3) is 0.125. The van der Waals surface area contributed by atoms with E-state index in [2.05, 4.69) is 4.99 Å². The third-order valence-corrected chi connectivity index (χ3v) is 2.99. The number of aliphatic carboxylic acids is 1. The van der Waals surface area contributed by atoms with Crippen LogP contribution in [0.3, 0.4) is 0 Å². The third-order valence-electron chi connectivity index (χ3n) is 2.99. The second kappa shape index (κ2) is 6.65. The maximum Gasteiger partial charge on any atom is 0.328 e. The molecule has 0 amide bonds. The van der Waals surface area contributed by atoms with Crippen LogP contribution in [0, 0.1) is 5.82 Å². The van der Waals surface area contributed by atoms with Crippen molar-refractivity contribution in [1.82, 2.24) is 0 Å². The Hall–Kier alpha value is -2.69. The van der Waals surface area contributed by atoms with Crippen molar-refractivity contribution in [3.8, 4) is 5.75 Å². The van der Waals surface area contributed by atoms with Gasteiger partial charge in [0.15, 0.2) is 6.04 Å². The zero-order valence-corrected chi connectivity index (χ0v) is 11.1. The number of halogens is 1. The summed E-state index contributed by atoms with van der Waals surface area (Å²) in [6.07, 6.45) is 1.24. The molecule has 0 aliphatic rings. The second-order valence-electron chi connectivity index (χ2n) is 4.49. The molecule has 108 valence electrons. The predicted molar refractivity (Wildman–Crippen MR) is 77.2 cm³/mol. The van der Waals surface area contributed by atoms with Crippen LogP contribution < -0.4 is 0 Å². The highest BCUT2D eigenvalue weighted by Crippen LogP contribution is 2.15. The smallest absolute Gasteiger partial charge is 0.328 e. The molecule has 0 spiro atoms. The van der Waals surface area contributed by atoms with Crippen molar-refractivity contribution in [3.05, 3.63) is 65.5 Å². The van der Waals surface area contributed by atoms with Crippen LogP contribution in [-0.2, 0) is 11.2 Å². The van der Waals surface area contributed by atoms with Crippen LogP contribution >= 0.6 is 0 Å². The third kappa shape index (κ3) is 3.89. The van der Waals surface area contributed by atoms with Crippen LogP contribution in [0.1, 0.15) is 11.1 Å². The maximum absolute atomic E-state index is 13.6. The topological polar surface area (TPSA) is 69.9 Å². The number of aromatic hydroxyl groups is 1. The fourth-order valence-corrected chi connectivity index (χ4v) is 1.84. The van der Waals surface area contributed by atoms with Crippen molar-refractivity contribution in [3.63, 3.8) is 0 Å². The van der Waals surface area contributed by atoms with Crippen molar-refractivity contribution >= 4 is 12.2 Å². The van der Waals surface area contributed by atoms with Crippen LogP contribution in [0.15, 0.2) is 53.5 Å². The predicted octanol–water partition coefficient (Wildman–Crippen LogP) is 2.65. The normalized spacial score (nSPS) is 12.4. The lowest BCUT2D eigenvalue weighted by Gasteiger charge is -2.08. The Morgan fingerprint density at radius 1 is 1.19 bits per heavy atom. The van der Waals surface area contributed by atoms with Crippen molar-refractivity contribution in [2.45, 2.75) is 12.5 Å². The van der Waals surface area contributed by atoms with Gasteiger partial charge in [-0.15, -0.1) is 0 Å². The second-order valence-corrected chi connectivity index (χ2v) is 4.49. The van der Waals surface area contributed by atoms with Gasteiger partial charge in [-0.3, -0.25) is 4.99 Å². The zero-order chi connectivity index (χ0) is 15.2. The van der Waals surface area contributed by atoms with E-state index in [4.69, 9.17) is 0 Å². The van der Waals surface area contributed by atoms with E-state index < -0.39 is 17.8 Å². The van der Waals surface area contributed by atoms with E-state index in [1.54, 1.807) is 30.3 Å². The minimum absolute atomic E-state index is 0.0104. The van der Waals surface area contributed by atoms with Gasteiger partial charge in [-0.2, -0.15) is 0 Å². The van der Waals surface area contributed by atoms with Crippen LogP contribution in [0.5, 0.6) is 5.75 Å². The molecular weight excluding hydrogens is 273 g/mol. The summed E-state index contributed by atoms with van der Waals surface area (Å²) in [5, 5.41) is 18.8. The number of phenols is 1. The van der Waals surface area contributed by atoms with Crippen molar-refractivity contribution in [2.75, 3.05) is 0 Å². The summed E-state index contributed by atoms with van der Waals surface area (Å²) < 4.78 is 13.6. The Morgan fingerprint density at radius 3 is 2.52 bits per heavy atom. The molecule has 0 saturated carbocycles. The number of carboxylic acid groups (broad SMARTS) is 1. The molecule has 0 saturated heterocycles. The molecular formula is C16H14FNO3. The Kier molecular flexibility index (Phi) is 4.66. The average molecular weight is 287 g/mol. The molecule has 1 atom stereocenters. The Morgan fingerprint density at radius 2 is 1.86 bits per heavy atom. The summed E-state index contributed by atoms with van der Waals surface area (Å²) in [5.41, 5.74) is 0.705. The standard InChI is InChI=1S/C16H14FNO3/c17-13-7-3-1-5-11(13)9-14(16(20)21)18-10-12-6-2-4-8-15(12)19/h1-8,10,14,19H,9H2,(H,20,21). The lowest BCUT2D eigenvalue weighted by molar-refractivity contribution is -0.138. The highest BCUT2D eigenvalue weighted by atomic mass is 19.1. The van der Waals surface area contributed by atoms with E-state index in [1.807, 2.05) is 0 Å². The van der Waals surface area contributed by atoms with Crippen LogP contribution in [0.2, 0.25) is 0 Å². The van der Waals surface area contributed by atoms with E-state index in [1.165, 1.54) is 24.4 Å². The number of phenolic OH excluding ortho intramolecular Hbond substituents is 1. The molecule has 0 aliphatic heterocycles. The Bertz CT molecular complexity index is 670. The summed E-state index contributed by atoms with van der Waals surface area (Å²) in [7, 11) is 0. The van der Waals surface area contributed by atoms with Crippen LogP contribution in [0.25, 0.3) is 0 Å². The molecule has 1 unspecified atom stereocenters. The highest BCUT2D eigenvalue weighted by Gasteiger charge is 2.18. The summed E-state index contributed by atoms with van der Waals surface area (Å²) in [4.78, 5) is 15.2. The molecule has 0 bridgehead atoms. The number of para-hydroxylation sites is 1. The van der Waals surface area contributed by atoms with Gasteiger partial charge in [-0.05, 0) is 23.8 Å². The van der Waals surface area contributed by atoms with Gasteiger partial charge in [0, 0.05) is 18.2 Å². The maximum atomic E-state index is 13.6. The molecule has 2 aromatic rings. The molecule has 0 radical (unpaired) electrons. The van der Waals surface area contributed by atoms with E-state index in [0.29, 0.717) is 11.1 Å². The fourth-order valence-electron chi connectivity index (χ4n) is 1.84. The van der Waals surface area contributed by atoms with E-state index in [9.17, 15) is 19.4 Å². The van der Waals surface area contributed by atoms with Gasteiger partial charge >= 0.3 is 5.97 Å². The number of nitrogens with zero attached hydrogens (tertiary/aromatic N) is 1. The number of benzene rings is 2. The van der Waals surface area contributed by atoms with Gasteiger partial charge in [0.2, 0.25) is 0 Å². The lowest BCUT2D eigenvalue weighted by Crippen LogP contribution is -2.21. The lowest BCUT2D eigenvalue weighted by atomic mass is 10.1. The average Bonchev–Trinajstić information content (AvgIpc) is 2.46. The minimum Gasteiger partial charge on any atom is -0.507 e. The van der Waals surface area contributed by atoms with Gasteiger partial charge < -0.3 is 10.2 Å². The van der Waals surface area contributed by atoms with E-state index >= 15 is 0 Å². The first kappa shape index (κ1) is 14.7. The number of rotatable bonds is 5. The largest absolute Gasteiger partial charge is 0.507 e. The molecule has 2 N–H and O–H groups in total. The van der Waals surface area contributed by atoms with E-state index in [0.717, 1.165) is 0 Å². The SMILES string of the molecule is O=C(O)C(Cc1ccccc1F)N=Cc1ccccc1O. The molecule has 0 fully saturated rings. The number of carboxylic acids is 1. The minimum atomic E-state index is -1.15. The van der Waals surface area contributed by atoms with Gasteiger partial charge in [0.05, 0.1) is 0 Å². The Labute approximate surface area is 121 Å². The quantitative estimate of drug-likeness (QED) is 0.831. The molecule has 0 aliphatic carbocycles. The molecule has 0 heterocycles. The first-order valence-corrected chi connectivity index (χ1v) is 6.35. The molecule has 2 rings (SSSR count). The summed E-state index contributed by atoms with van der Waals surface area (Å²) >= 11 is 0. The monoisotopic (exact) mass is 287 g/mol. The number of aliphatic imine (C=N–C) groups is 1. The van der Waals surface area contributed by atoms with Crippen molar-refractivity contribution in [1.29, 1.82) is 0 Å². The van der Waals surface area contributed by atoms with Crippen molar-refractivity contribution < 1.29 is 19.4 Å². The molecule has 0 aromatic heterocycles. The zero-order valence-electron chi connectivity index (χ0n) is 11.1. The van der Waals surface area contributed by atoms with E-state index in [-0.39, 0.29) is 12.2 Å². The Balaban J connectivity index is 2.19. The first-order chi connectivity index (χ1) is 10.1. The molecule has 5 heteroatoms. The number of hydrogen-bond acceptors (Lipinski definition) is 3. The highest BCUT2D eigenvalue weighted by molar-refractivity contribution is 5.86. The summed E-state index contributed by atoms with van der Waals surface area (Å²) in [6, 6.07) is 11.3. The number of carbonyl (C=O) groups is 1. The van der Waals surface area contributed by atoms with Crippen molar-refractivity contribution in [2.24, 2.45) is 4.99 Å². The first-order valence-electron chi connectivity index (χ1n) is 6.35. The molecule has 21 heavy (non-hydrogen) atoms. The van der Waals surface area contributed by atoms with Gasteiger partial charge in [0.1, 0.15) is 11.6 Å².